The minimum absolute atomic E-state index is 0.425. The molecule has 0 aliphatic heterocycles. The average molecular weight is 233 g/mol. The third-order valence-corrected chi connectivity index (χ3v) is 2.98. The first-order chi connectivity index (χ1) is 6.76. The summed E-state index contributed by atoms with van der Waals surface area (Å²) in [7, 11) is 3.29. The predicted molar refractivity (Wildman–Crippen MR) is 60.9 cm³/mol. The van der Waals surface area contributed by atoms with Crippen LogP contribution < -0.4 is 9.47 Å². The van der Waals surface area contributed by atoms with Crippen LogP contribution in [-0.4, -0.2) is 20.5 Å². The summed E-state index contributed by atoms with van der Waals surface area (Å²) in [5.41, 5.74) is 0.948. The summed E-state index contributed by atoms with van der Waals surface area (Å²) in [5, 5.41) is 0. The number of ether oxygens (including phenoxy) is 2. The molecular weight excluding hydrogens is 220 g/mol. The van der Waals surface area contributed by atoms with E-state index in [2.05, 4.69) is 0 Å². The van der Waals surface area contributed by atoms with E-state index in [1.165, 1.54) is 0 Å². The lowest BCUT2D eigenvalue weighted by Crippen LogP contribution is -1.93. The molecule has 0 fully saturated rings. The highest BCUT2D eigenvalue weighted by Gasteiger charge is 2.09. The van der Waals surface area contributed by atoms with Crippen LogP contribution in [0.3, 0.4) is 0 Å². The molecule has 1 aromatic rings. The lowest BCUT2D eigenvalue weighted by molar-refractivity contribution is 0.391. The van der Waals surface area contributed by atoms with Crippen molar-refractivity contribution in [3.8, 4) is 11.5 Å². The van der Waals surface area contributed by atoms with Crippen LogP contribution in [0.5, 0.6) is 11.5 Å². The fourth-order valence-electron chi connectivity index (χ4n) is 1.20. The molecule has 0 saturated heterocycles. The van der Waals surface area contributed by atoms with Crippen molar-refractivity contribution in [2.75, 3.05) is 20.5 Å². The molecule has 0 spiro atoms. The maximum Gasteiger partial charge on any atom is 0.132 e. The van der Waals surface area contributed by atoms with Crippen molar-refractivity contribution < 1.29 is 9.47 Å². The zero-order valence-corrected chi connectivity index (χ0v) is 10.0. The van der Waals surface area contributed by atoms with Crippen molar-refractivity contribution in [1.29, 1.82) is 0 Å². The van der Waals surface area contributed by atoms with E-state index < -0.39 is 0 Å². The normalized spacial score (nSPS) is 10.0. The van der Waals surface area contributed by atoms with Crippen molar-refractivity contribution in [3.05, 3.63) is 17.7 Å². The maximum absolute atomic E-state index is 5.79. The number of hydrogen-bond donors (Lipinski definition) is 0. The molecule has 0 atom stereocenters. The first-order valence-electron chi connectivity index (χ1n) is 4.11. The molecule has 1 rings (SSSR count). The van der Waals surface area contributed by atoms with Crippen LogP contribution in [0, 0.1) is 0 Å². The lowest BCUT2D eigenvalue weighted by Gasteiger charge is -2.11. The van der Waals surface area contributed by atoms with Gasteiger partial charge in [-0.05, 0) is 18.4 Å². The number of halogens is 1. The van der Waals surface area contributed by atoms with Crippen LogP contribution in [0.1, 0.15) is 5.56 Å². The molecule has 0 aromatic heterocycles. The van der Waals surface area contributed by atoms with Gasteiger partial charge in [-0.2, -0.15) is 0 Å². The van der Waals surface area contributed by atoms with Crippen LogP contribution in [0.25, 0.3) is 0 Å². The molecule has 2 nitrogen and oxygen atoms in total. The van der Waals surface area contributed by atoms with Gasteiger partial charge in [0.2, 0.25) is 0 Å². The van der Waals surface area contributed by atoms with E-state index in [0.29, 0.717) is 5.88 Å². The summed E-state index contributed by atoms with van der Waals surface area (Å²) < 4.78 is 10.5. The van der Waals surface area contributed by atoms with Crippen molar-refractivity contribution in [3.63, 3.8) is 0 Å². The van der Waals surface area contributed by atoms with Crippen LogP contribution in [-0.2, 0) is 5.88 Å². The molecule has 0 aliphatic carbocycles. The SMILES string of the molecule is COc1cc(SC)c(OC)cc1CCl. The molecule has 78 valence electrons. The fraction of sp³-hybridized carbons (Fsp3) is 0.400. The molecule has 0 aliphatic rings. The van der Waals surface area contributed by atoms with Gasteiger partial charge < -0.3 is 9.47 Å². The van der Waals surface area contributed by atoms with Gasteiger partial charge in [0.15, 0.2) is 0 Å². The summed E-state index contributed by atoms with van der Waals surface area (Å²) in [4.78, 5) is 1.05. The average Bonchev–Trinajstić information content (AvgIpc) is 2.26. The van der Waals surface area contributed by atoms with Gasteiger partial charge in [-0.15, -0.1) is 23.4 Å². The molecule has 0 unspecified atom stereocenters. The maximum atomic E-state index is 5.79. The van der Waals surface area contributed by atoms with Crippen LogP contribution in [0.4, 0.5) is 0 Å². The van der Waals surface area contributed by atoms with Crippen molar-refractivity contribution in [2.24, 2.45) is 0 Å². The van der Waals surface area contributed by atoms with Crippen LogP contribution >= 0.6 is 23.4 Å². The Morgan fingerprint density at radius 2 is 1.86 bits per heavy atom. The van der Waals surface area contributed by atoms with Crippen molar-refractivity contribution in [1.82, 2.24) is 0 Å². The Hall–Kier alpha value is -0.540. The highest BCUT2D eigenvalue weighted by molar-refractivity contribution is 7.98. The topological polar surface area (TPSA) is 18.5 Å². The van der Waals surface area contributed by atoms with E-state index in [-0.39, 0.29) is 0 Å². The molecule has 0 amide bonds. The van der Waals surface area contributed by atoms with E-state index in [1.807, 2.05) is 18.4 Å². The number of thioether (sulfide) groups is 1. The number of alkyl halides is 1. The molecule has 1 aromatic carbocycles. The minimum atomic E-state index is 0.425. The zero-order valence-electron chi connectivity index (χ0n) is 8.46. The molecule has 0 bridgehead atoms. The second-order valence-electron chi connectivity index (χ2n) is 2.65. The first-order valence-corrected chi connectivity index (χ1v) is 5.87. The summed E-state index contributed by atoms with van der Waals surface area (Å²) >= 11 is 7.41. The van der Waals surface area contributed by atoms with Crippen LogP contribution in [0.15, 0.2) is 17.0 Å². The Balaban J connectivity index is 3.20. The third kappa shape index (κ3) is 2.28. The zero-order chi connectivity index (χ0) is 10.6. The highest BCUT2D eigenvalue weighted by Crippen LogP contribution is 2.34. The smallest absolute Gasteiger partial charge is 0.132 e. The summed E-state index contributed by atoms with van der Waals surface area (Å²) in [6.07, 6.45) is 2.00. The lowest BCUT2D eigenvalue weighted by atomic mass is 10.2. The molecule has 0 heterocycles. The van der Waals surface area contributed by atoms with Gasteiger partial charge in [0.05, 0.1) is 25.0 Å². The summed E-state index contributed by atoms with van der Waals surface area (Å²) in [5.74, 6) is 2.08. The largest absolute Gasteiger partial charge is 0.496 e. The summed E-state index contributed by atoms with van der Waals surface area (Å²) in [6.45, 7) is 0. The Labute approximate surface area is 93.5 Å². The Bertz CT molecular complexity index is 257. The molecule has 0 N–H and O–H groups in total. The van der Waals surface area contributed by atoms with Gasteiger partial charge in [0.1, 0.15) is 11.5 Å². The Kier molecular flexibility index (Phi) is 4.42. The Morgan fingerprint density at radius 3 is 2.29 bits per heavy atom. The number of methoxy groups -OCH3 is 2. The predicted octanol–water partition coefficient (Wildman–Crippen LogP) is 3.16. The van der Waals surface area contributed by atoms with Gasteiger partial charge in [-0.25, -0.2) is 0 Å². The molecule has 14 heavy (non-hydrogen) atoms. The minimum Gasteiger partial charge on any atom is -0.496 e. The van der Waals surface area contributed by atoms with Crippen molar-refractivity contribution >= 4 is 23.4 Å². The van der Waals surface area contributed by atoms with Gasteiger partial charge in [0.25, 0.3) is 0 Å². The van der Waals surface area contributed by atoms with E-state index in [0.717, 1.165) is 22.0 Å². The quantitative estimate of drug-likeness (QED) is 0.587. The molecule has 4 heteroatoms. The fourth-order valence-corrected chi connectivity index (χ4v) is 1.97. The molecular formula is C10H13ClO2S. The second-order valence-corrected chi connectivity index (χ2v) is 3.77. The van der Waals surface area contributed by atoms with Gasteiger partial charge in [0, 0.05) is 5.56 Å². The number of hydrogen-bond acceptors (Lipinski definition) is 3. The number of rotatable bonds is 4. The van der Waals surface area contributed by atoms with Gasteiger partial charge in [-0.3, -0.25) is 0 Å². The van der Waals surface area contributed by atoms with Gasteiger partial charge in [-0.1, -0.05) is 0 Å². The Morgan fingerprint density at radius 1 is 1.21 bits per heavy atom. The van der Waals surface area contributed by atoms with E-state index in [9.17, 15) is 0 Å². The number of benzene rings is 1. The second kappa shape index (κ2) is 5.37. The molecule has 0 radical (unpaired) electrons. The van der Waals surface area contributed by atoms with E-state index in [1.54, 1.807) is 26.0 Å². The van der Waals surface area contributed by atoms with Crippen LogP contribution in [0.2, 0.25) is 0 Å². The third-order valence-electron chi connectivity index (χ3n) is 1.93. The van der Waals surface area contributed by atoms with Crippen molar-refractivity contribution in [2.45, 2.75) is 10.8 Å². The molecule has 0 saturated carbocycles. The monoisotopic (exact) mass is 232 g/mol. The standard InChI is InChI=1S/C10H13ClO2S/c1-12-8-5-10(14-3)9(13-2)4-7(8)6-11/h4-5H,6H2,1-3H3. The summed E-state index contributed by atoms with van der Waals surface area (Å²) in [6, 6.07) is 3.86. The van der Waals surface area contributed by atoms with E-state index in [4.69, 9.17) is 21.1 Å². The van der Waals surface area contributed by atoms with E-state index >= 15 is 0 Å². The first kappa shape index (κ1) is 11.5. The van der Waals surface area contributed by atoms with Gasteiger partial charge >= 0.3 is 0 Å². The highest BCUT2D eigenvalue weighted by atomic mass is 35.5.